The number of esters is 1. The van der Waals surface area contributed by atoms with Crippen LogP contribution in [0.3, 0.4) is 0 Å². The van der Waals surface area contributed by atoms with Gasteiger partial charge in [-0.15, -0.1) is 0 Å². The molecule has 0 fully saturated rings. The molecule has 0 aliphatic rings. The van der Waals surface area contributed by atoms with Gasteiger partial charge < -0.3 is 20.3 Å². The first-order valence-electron chi connectivity index (χ1n) is 7.82. The zero-order chi connectivity index (χ0) is 18.1. The van der Waals surface area contributed by atoms with Gasteiger partial charge in [-0.3, -0.25) is 0 Å². The lowest BCUT2D eigenvalue weighted by Crippen LogP contribution is -2.18. The maximum absolute atomic E-state index is 11.6. The summed E-state index contributed by atoms with van der Waals surface area (Å²) in [6.45, 7) is 2.61. The minimum Gasteiger partial charge on any atom is -0.462 e. The van der Waals surface area contributed by atoms with Gasteiger partial charge >= 0.3 is 5.97 Å². The summed E-state index contributed by atoms with van der Waals surface area (Å²) in [5.74, 6) is -0.135. The second-order valence-corrected chi connectivity index (χ2v) is 6.12. The quantitative estimate of drug-likeness (QED) is 0.395. The van der Waals surface area contributed by atoms with Gasteiger partial charge in [0.05, 0.1) is 25.9 Å². The predicted molar refractivity (Wildman–Crippen MR) is 95.2 cm³/mol. The molecule has 2 aromatic rings. The number of aliphatic hydroxyl groups excluding tert-OH is 1. The molecule has 25 heavy (non-hydrogen) atoms. The molecule has 7 nitrogen and oxygen atoms in total. The first-order chi connectivity index (χ1) is 12.1. The van der Waals surface area contributed by atoms with Crippen LogP contribution in [-0.4, -0.2) is 46.1 Å². The number of benzene rings is 1. The first kappa shape index (κ1) is 19.2. The van der Waals surface area contributed by atoms with Crippen molar-refractivity contribution in [1.82, 2.24) is 9.97 Å². The topological polar surface area (TPSA) is 108 Å². The summed E-state index contributed by atoms with van der Waals surface area (Å²) in [5.41, 5.74) is 6.94. The summed E-state index contributed by atoms with van der Waals surface area (Å²) in [7, 11) is 0. The van der Waals surface area contributed by atoms with Crippen molar-refractivity contribution in [2.75, 3.05) is 24.7 Å². The Balaban J connectivity index is 1.76. The number of thioether (sulfide) groups is 1. The van der Waals surface area contributed by atoms with E-state index in [0.717, 1.165) is 5.56 Å². The minimum absolute atomic E-state index is 0.0609. The molecular weight excluding hydrogens is 342 g/mol. The van der Waals surface area contributed by atoms with E-state index in [-0.39, 0.29) is 24.6 Å². The van der Waals surface area contributed by atoms with Crippen molar-refractivity contribution < 1.29 is 19.4 Å². The zero-order valence-electron chi connectivity index (χ0n) is 13.9. The Morgan fingerprint density at radius 2 is 2.12 bits per heavy atom. The summed E-state index contributed by atoms with van der Waals surface area (Å²) in [5, 5.41) is 10.3. The van der Waals surface area contributed by atoms with Crippen LogP contribution in [0, 0.1) is 0 Å². The van der Waals surface area contributed by atoms with E-state index in [2.05, 4.69) is 9.97 Å². The molecule has 1 heterocycles. The molecule has 134 valence electrons. The average Bonchev–Trinajstić information content (AvgIpc) is 2.61. The number of carbonyl (C=O) groups excluding carboxylic acids is 1. The van der Waals surface area contributed by atoms with Crippen LogP contribution in [0.2, 0.25) is 0 Å². The van der Waals surface area contributed by atoms with E-state index < -0.39 is 12.1 Å². The van der Waals surface area contributed by atoms with Crippen molar-refractivity contribution >= 4 is 23.5 Å². The van der Waals surface area contributed by atoms with E-state index in [1.54, 1.807) is 6.92 Å². The highest BCUT2D eigenvalue weighted by molar-refractivity contribution is 7.99. The molecule has 1 unspecified atom stereocenters. The van der Waals surface area contributed by atoms with Crippen LogP contribution in [0.15, 0.2) is 41.7 Å². The van der Waals surface area contributed by atoms with Crippen molar-refractivity contribution in [3.8, 4) is 0 Å². The number of nitrogens with two attached hydrogens (primary N) is 1. The van der Waals surface area contributed by atoms with Gasteiger partial charge in [0.2, 0.25) is 0 Å². The normalized spacial score (nSPS) is 11.9. The second-order valence-electron chi connectivity index (χ2n) is 5.14. The monoisotopic (exact) mass is 363 g/mol. The van der Waals surface area contributed by atoms with E-state index in [1.807, 2.05) is 30.3 Å². The van der Waals surface area contributed by atoms with Gasteiger partial charge in [0.1, 0.15) is 11.4 Å². The van der Waals surface area contributed by atoms with Gasteiger partial charge in [0.25, 0.3) is 0 Å². The third-order valence-electron chi connectivity index (χ3n) is 3.12. The van der Waals surface area contributed by atoms with Crippen LogP contribution >= 0.6 is 11.8 Å². The average molecular weight is 363 g/mol. The summed E-state index contributed by atoms with van der Waals surface area (Å²) < 4.78 is 10.3. The maximum atomic E-state index is 11.6. The molecular formula is C17H21N3O4S. The van der Waals surface area contributed by atoms with Gasteiger partial charge in [0.15, 0.2) is 5.16 Å². The number of hydrogen-bond acceptors (Lipinski definition) is 8. The molecule has 0 saturated heterocycles. The van der Waals surface area contributed by atoms with Gasteiger partial charge in [-0.2, -0.15) is 0 Å². The van der Waals surface area contributed by atoms with Crippen molar-refractivity contribution in [1.29, 1.82) is 0 Å². The maximum Gasteiger partial charge on any atom is 0.343 e. The van der Waals surface area contributed by atoms with Gasteiger partial charge in [-0.25, -0.2) is 14.8 Å². The lowest BCUT2D eigenvalue weighted by Gasteiger charge is -2.11. The van der Waals surface area contributed by atoms with Gasteiger partial charge in [-0.1, -0.05) is 42.1 Å². The molecule has 0 spiro atoms. The molecule has 8 heteroatoms. The Morgan fingerprint density at radius 3 is 2.80 bits per heavy atom. The number of aromatic nitrogens is 2. The highest BCUT2D eigenvalue weighted by Crippen LogP contribution is 2.18. The van der Waals surface area contributed by atoms with Crippen molar-refractivity contribution in [3.63, 3.8) is 0 Å². The second kappa shape index (κ2) is 9.97. The Hall–Kier alpha value is -2.16. The molecule has 0 aliphatic heterocycles. The van der Waals surface area contributed by atoms with Crippen LogP contribution in [0.1, 0.15) is 22.8 Å². The molecule has 3 N–H and O–H groups in total. The molecule has 0 saturated carbocycles. The van der Waals surface area contributed by atoms with Crippen molar-refractivity contribution in [3.05, 3.63) is 47.7 Å². The molecule has 1 atom stereocenters. The third-order valence-corrected chi connectivity index (χ3v) is 4.12. The summed E-state index contributed by atoms with van der Waals surface area (Å²) >= 11 is 1.24. The number of aliphatic hydroxyl groups is 1. The van der Waals surface area contributed by atoms with Crippen LogP contribution in [0.25, 0.3) is 0 Å². The summed E-state index contributed by atoms with van der Waals surface area (Å²) in [6.07, 6.45) is 0.671. The number of anilines is 1. The van der Waals surface area contributed by atoms with Crippen LogP contribution in [-0.2, 0) is 16.1 Å². The van der Waals surface area contributed by atoms with Crippen LogP contribution in [0.4, 0.5) is 5.82 Å². The minimum atomic E-state index is -0.664. The van der Waals surface area contributed by atoms with Gasteiger partial charge in [-0.05, 0) is 12.5 Å². The van der Waals surface area contributed by atoms with Gasteiger partial charge in [0, 0.05) is 11.9 Å². The molecule has 0 radical (unpaired) electrons. The number of rotatable bonds is 9. The molecule has 1 aromatic carbocycles. The number of nitrogen functional groups attached to an aromatic ring is 1. The number of nitrogens with zero attached hydrogens (tertiary/aromatic N) is 2. The smallest absolute Gasteiger partial charge is 0.343 e. The highest BCUT2D eigenvalue weighted by Gasteiger charge is 2.14. The highest BCUT2D eigenvalue weighted by atomic mass is 32.2. The van der Waals surface area contributed by atoms with Crippen molar-refractivity contribution in [2.24, 2.45) is 0 Å². The van der Waals surface area contributed by atoms with Crippen LogP contribution < -0.4 is 5.73 Å². The Morgan fingerprint density at radius 1 is 1.36 bits per heavy atom. The first-order valence-corrected chi connectivity index (χ1v) is 8.81. The predicted octanol–water partition coefficient (Wildman–Crippen LogP) is 1.91. The lowest BCUT2D eigenvalue weighted by molar-refractivity contribution is 0.0397. The molecule has 0 aliphatic carbocycles. The van der Waals surface area contributed by atoms with E-state index >= 15 is 0 Å². The number of carbonyl (C=O) groups is 1. The Kier molecular flexibility index (Phi) is 7.65. The van der Waals surface area contributed by atoms with E-state index in [4.69, 9.17) is 15.2 Å². The number of ether oxygens (including phenoxy) is 2. The van der Waals surface area contributed by atoms with Crippen LogP contribution in [0.5, 0.6) is 0 Å². The Bertz CT molecular complexity index is 685. The molecule has 2 rings (SSSR count). The molecule has 1 aromatic heterocycles. The molecule has 0 amide bonds. The van der Waals surface area contributed by atoms with E-state index in [1.165, 1.54) is 18.0 Å². The fourth-order valence-corrected chi connectivity index (χ4v) is 2.65. The van der Waals surface area contributed by atoms with Crippen molar-refractivity contribution in [2.45, 2.75) is 24.8 Å². The van der Waals surface area contributed by atoms with E-state index in [0.29, 0.717) is 17.5 Å². The number of hydrogen-bond donors (Lipinski definition) is 2. The van der Waals surface area contributed by atoms with E-state index in [9.17, 15) is 9.90 Å². The summed E-state index contributed by atoms with van der Waals surface area (Å²) in [4.78, 5) is 19.7. The largest absolute Gasteiger partial charge is 0.462 e. The SMILES string of the molecule is CCOC(=O)c1cnc(SCC(O)COCc2ccccc2)nc1N. The summed E-state index contributed by atoms with van der Waals surface area (Å²) in [6, 6.07) is 9.74. The Labute approximate surface area is 150 Å². The lowest BCUT2D eigenvalue weighted by atomic mass is 10.2. The fraction of sp³-hybridized carbons (Fsp3) is 0.353. The molecule has 0 bridgehead atoms. The zero-order valence-corrected chi connectivity index (χ0v) is 14.7. The standard InChI is InChI=1S/C17H21N3O4S/c1-2-24-16(22)14-8-19-17(20-15(14)18)25-11-13(21)10-23-9-12-6-4-3-5-7-12/h3-8,13,21H,2,9-11H2,1H3,(H2,18,19,20). The fourth-order valence-electron chi connectivity index (χ4n) is 1.92. The third kappa shape index (κ3) is 6.33.